The van der Waals surface area contributed by atoms with Crippen LogP contribution in [0.25, 0.3) is 23.4 Å². The third-order valence-corrected chi connectivity index (χ3v) is 5.93. The van der Waals surface area contributed by atoms with E-state index in [0.717, 1.165) is 59.0 Å². The maximum Gasteiger partial charge on any atom is 0.253 e. The van der Waals surface area contributed by atoms with Gasteiger partial charge in [-0.15, -0.1) is 0 Å². The number of ketones is 1. The molecular formula is C25H24N4O2. The largest absolute Gasteiger partial charge is 0.370 e. The monoisotopic (exact) mass is 412 g/mol. The lowest BCUT2D eigenvalue weighted by atomic mass is 10.1. The highest BCUT2D eigenvalue weighted by Crippen LogP contribution is 2.27. The highest BCUT2D eigenvalue weighted by Gasteiger charge is 2.20. The van der Waals surface area contributed by atoms with E-state index in [0.29, 0.717) is 25.2 Å². The van der Waals surface area contributed by atoms with E-state index >= 15 is 0 Å². The number of nitrogens with zero attached hydrogens (tertiary/aromatic N) is 2. The Morgan fingerprint density at radius 3 is 2.65 bits per heavy atom. The molecule has 6 nitrogen and oxygen atoms in total. The summed E-state index contributed by atoms with van der Waals surface area (Å²) in [6, 6.07) is 14.1. The first kappa shape index (κ1) is 19.3. The molecule has 0 atom stereocenters. The number of para-hydroxylation sites is 1. The fourth-order valence-electron chi connectivity index (χ4n) is 4.24. The molecule has 1 fully saturated rings. The number of pyridine rings is 1. The average molecular weight is 412 g/mol. The van der Waals surface area contributed by atoms with Crippen molar-refractivity contribution in [2.45, 2.75) is 19.3 Å². The molecule has 0 aliphatic carbocycles. The lowest BCUT2D eigenvalue weighted by molar-refractivity contribution is -0.119. The Bertz CT molecular complexity index is 1170. The highest BCUT2D eigenvalue weighted by atomic mass is 16.1. The number of carbonyl (C=O) groups excluding carboxylic acids is 2. The van der Waals surface area contributed by atoms with E-state index in [9.17, 15) is 9.59 Å². The van der Waals surface area contributed by atoms with Crippen molar-refractivity contribution in [2.75, 3.05) is 24.5 Å². The molecule has 2 aromatic heterocycles. The van der Waals surface area contributed by atoms with Crippen molar-refractivity contribution >= 4 is 29.5 Å². The standard InChI is InChI=1S/C25H24N4O2/c30-20-9-13-29(14-10-20)24-4-2-1-3-17(24)5-6-19-15-18(7-11-26-19)23-16-21-22(28-23)8-12-27-25(21)31/h1-7,11,15-16,28H,8-10,12-14H2,(H,27,31)/b6-5+. The van der Waals surface area contributed by atoms with Crippen molar-refractivity contribution in [3.8, 4) is 11.3 Å². The number of hydrogen-bond donors (Lipinski definition) is 2. The van der Waals surface area contributed by atoms with E-state index in [1.165, 1.54) is 0 Å². The second-order valence-electron chi connectivity index (χ2n) is 7.97. The number of nitrogens with one attached hydrogen (secondary N) is 2. The summed E-state index contributed by atoms with van der Waals surface area (Å²) in [5, 5.41) is 2.88. The van der Waals surface area contributed by atoms with Gasteiger partial charge in [0.15, 0.2) is 0 Å². The summed E-state index contributed by atoms with van der Waals surface area (Å²) in [6.07, 6.45) is 7.91. The van der Waals surface area contributed by atoms with Gasteiger partial charge in [0.25, 0.3) is 5.91 Å². The van der Waals surface area contributed by atoms with Crippen LogP contribution in [-0.4, -0.2) is 41.3 Å². The van der Waals surface area contributed by atoms with Crippen LogP contribution in [0.1, 0.15) is 40.2 Å². The number of amides is 1. The van der Waals surface area contributed by atoms with Gasteiger partial charge in [-0.2, -0.15) is 0 Å². The lowest BCUT2D eigenvalue weighted by Gasteiger charge is -2.29. The van der Waals surface area contributed by atoms with Crippen LogP contribution in [0.3, 0.4) is 0 Å². The minimum Gasteiger partial charge on any atom is -0.370 e. The summed E-state index contributed by atoms with van der Waals surface area (Å²) in [5.74, 6) is 0.322. The number of Topliss-reactive ketones (excluding diaryl/α,β-unsaturated/α-hetero) is 1. The van der Waals surface area contributed by atoms with Crippen LogP contribution in [0.2, 0.25) is 0 Å². The van der Waals surface area contributed by atoms with Crippen LogP contribution in [-0.2, 0) is 11.2 Å². The van der Waals surface area contributed by atoms with Gasteiger partial charge in [0.05, 0.1) is 11.3 Å². The van der Waals surface area contributed by atoms with Gasteiger partial charge in [-0.25, -0.2) is 0 Å². The number of hydrogen-bond acceptors (Lipinski definition) is 4. The predicted molar refractivity (Wildman–Crippen MR) is 122 cm³/mol. The summed E-state index contributed by atoms with van der Waals surface area (Å²) < 4.78 is 0. The summed E-state index contributed by atoms with van der Waals surface area (Å²) >= 11 is 0. The molecule has 0 bridgehead atoms. The first-order valence-electron chi connectivity index (χ1n) is 10.7. The second kappa shape index (κ2) is 8.22. The number of aromatic nitrogens is 2. The fourth-order valence-corrected chi connectivity index (χ4v) is 4.24. The fraction of sp³-hybridized carbons (Fsp3) is 0.240. The van der Waals surface area contributed by atoms with Crippen molar-refractivity contribution in [1.82, 2.24) is 15.3 Å². The number of piperidine rings is 1. The second-order valence-corrected chi connectivity index (χ2v) is 7.97. The summed E-state index contributed by atoms with van der Waals surface area (Å²) in [5.41, 5.74) is 6.74. The van der Waals surface area contributed by atoms with E-state index < -0.39 is 0 Å². The Labute approximate surface area is 181 Å². The van der Waals surface area contributed by atoms with Crippen molar-refractivity contribution in [1.29, 1.82) is 0 Å². The van der Waals surface area contributed by atoms with Gasteiger partial charge < -0.3 is 15.2 Å². The first-order chi connectivity index (χ1) is 15.2. The minimum atomic E-state index is -0.0195. The van der Waals surface area contributed by atoms with Crippen LogP contribution in [0.15, 0.2) is 48.7 Å². The molecule has 156 valence electrons. The molecule has 1 amide bonds. The van der Waals surface area contributed by atoms with Crippen LogP contribution in [0, 0.1) is 0 Å². The minimum absolute atomic E-state index is 0.0195. The first-order valence-corrected chi connectivity index (χ1v) is 10.7. The van der Waals surface area contributed by atoms with Gasteiger partial charge in [-0.3, -0.25) is 14.6 Å². The maximum atomic E-state index is 12.1. The van der Waals surface area contributed by atoms with Gasteiger partial charge in [-0.05, 0) is 35.9 Å². The predicted octanol–water partition coefficient (Wildman–Crippen LogP) is 3.70. The number of aromatic amines is 1. The molecule has 0 saturated carbocycles. The Morgan fingerprint density at radius 1 is 0.968 bits per heavy atom. The lowest BCUT2D eigenvalue weighted by Crippen LogP contribution is -2.34. The molecule has 0 unspecified atom stereocenters. The molecule has 3 aromatic rings. The highest BCUT2D eigenvalue weighted by molar-refractivity contribution is 5.97. The van der Waals surface area contributed by atoms with Crippen molar-refractivity contribution in [3.63, 3.8) is 0 Å². The quantitative estimate of drug-likeness (QED) is 0.685. The van der Waals surface area contributed by atoms with E-state index in [1.54, 1.807) is 6.20 Å². The van der Waals surface area contributed by atoms with Gasteiger partial charge in [0.2, 0.25) is 0 Å². The molecule has 2 N–H and O–H groups in total. The van der Waals surface area contributed by atoms with Gasteiger partial charge in [-0.1, -0.05) is 24.3 Å². The molecular weight excluding hydrogens is 388 g/mol. The van der Waals surface area contributed by atoms with Crippen LogP contribution >= 0.6 is 0 Å². The number of carbonyl (C=O) groups is 2. The van der Waals surface area contributed by atoms with Crippen LogP contribution in [0.4, 0.5) is 5.69 Å². The average Bonchev–Trinajstić information content (AvgIpc) is 3.25. The molecule has 0 spiro atoms. The Kier molecular flexibility index (Phi) is 5.12. The molecule has 0 radical (unpaired) electrons. The number of H-pyrrole nitrogens is 1. The van der Waals surface area contributed by atoms with Crippen LogP contribution in [0.5, 0.6) is 0 Å². The third kappa shape index (κ3) is 4.01. The van der Waals surface area contributed by atoms with Gasteiger partial charge >= 0.3 is 0 Å². The van der Waals surface area contributed by atoms with E-state index in [1.807, 2.05) is 36.4 Å². The normalized spacial score (nSPS) is 16.5. The molecule has 6 heteroatoms. The molecule has 31 heavy (non-hydrogen) atoms. The number of benzene rings is 1. The molecule has 4 heterocycles. The zero-order valence-corrected chi connectivity index (χ0v) is 17.2. The van der Waals surface area contributed by atoms with Crippen molar-refractivity contribution in [3.05, 3.63) is 71.2 Å². The Hall–Kier alpha value is -3.67. The topological polar surface area (TPSA) is 78.1 Å². The SMILES string of the molecule is O=C1CCN(c2ccccc2/C=C/c2cc(-c3cc4c([nH]3)CCNC4=O)ccn2)CC1. The van der Waals surface area contributed by atoms with Crippen molar-refractivity contribution < 1.29 is 9.59 Å². The number of anilines is 1. The molecule has 5 rings (SSSR count). The van der Waals surface area contributed by atoms with Gasteiger partial charge in [0.1, 0.15) is 5.78 Å². The Balaban J connectivity index is 1.40. The molecule has 2 aliphatic heterocycles. The maximum absolute atomic E-state index is 12.1. The molecule has 2 aliphatic rings. The summed E-state index contributed by atoms with van der Waals surface area (Å²) in [4.78, 5) is 33.8. The van der Waals surface area contributed by atoms with Gasteiger partial charge in [0, 0.05) is 67.7 Å². The molecule has 1 aromatic carbocycles. The summed E-state index contributed by atoms with van der Waals surface area (Å²) in [7, 11) is 0. The number of rotatable bonds is 4. The Morgan fingerprint density at radius 2 is 1.81 bits per heavy atom. The zero-order chi connectivity index (χ0) is 21.2. The third-order valence-electron chi connectivity index (χ3n) is 5.93. The van der Waals surface area contributed by atoms with Crippen molar-refractivity contribution in [2.24, 2.45) is 0 Å². The van der Waals surface area contributed by atoms with Crippen LogP contribution < -0.4 is 10.2 Å². The van der Waals surface area contributed by atoms with E-state index in [-0.39, 0.29) is 5.91 Å². The van der Waals surface area contributed by atoms with E-state index in [2.05, 4.69) is 38.4 Å². The summed E-state index contributed by atoms with van der Waals surface area (Å²) in [6.45, 7) is 2.20. The smallest absolute Gasteiger partial charge is 0.253 e. The molecule has 1 saturated heterocycles. The van der Waals surface area contributed by atoms with E-state index in [4.69, 9.17) is 0 Å². The number of fused-ring (bicyclic) bond motifs is 1. The zero-order valence-electron chi connectivity index (χ0n) is 17.2.